The largest absolute Gasteiger partial charge is 0.379 e. The van der Waals surface area contributed by atoms with Crippen molar-refractivity contribution in [2.24, 2.45) is 0 Å². The second kappa shape index (κ2) is 5.83. The number of ether oxygens (including phenoxy) is 1. The third-order valence-corrected chi connectivity index (χ3v) is 2.93. The van der Waals surface area contributed by atoms with E-state index in [-0.39, 0.29) is 6.04 Å². The molecule has 20 heavy (non-hydrogen) atoms. The van der Waals surface area contributed by atoms with E-state index in [1.165, 1.54) is 0 Å². The van der Waals surface area contributed by atoms with Gasteiger partial charge in [0.25, 0.3) is 5.95 Å². The van der Waals surface area contributed by atoms with Gasteiger partial charge in [0.05, 0.1) is 12.6 Å². The summed E-state index contributed by atoms with van der Waals surface area (Å²) in [5.41, 5.74) is 0. The topological polar surface area (TPSA) is 89.8 Å². The summed E-state index contributed by atoms with van der Waals surface area (Å²) in [7, 11) is 0. The monoisotopic (exact) mass is 275 g/mol. The quantitative estimate of drug-likeness (QED) is 0.829. The number of hydrogen-bond donors (Lipinski definition) is 2. The molecule has 8 nitrogen and oxygen atoms in total. The standard InChI is InChI=1S/C12H17N7O/c1-2-13-10-16-11(15-9-4-7-20-8-9)18-12(17-10)19-6-3-5-14-19/h3,5-6,9H,2,4,7-8H2,1H3,(H2,13,15,16,17,18). The molecule has 0 radical (unpaired) electrons. The number of nitrogens with zero attached hydrogens (tertiary/aromatic N) is 5. The fourth-order valence-corrected chi connectivity index (χ4v) is 1.99. The average molecular weight is 275 g/mol. The fraction of sp³-hybridized carbons (Fsp3) is 0.500. The molecule has 0 aliphatic carbocycles. The highest BCUT2D eigenvalue weighted by atomic mass is 16.5. The molecular formula is C12H17N7O. The van der Waals surface area contributed by atoms with E-state index in [9.17, 15) is 0 Å². The summed E-state index contributed by atoms with van der Waals surface area (Å²) < 4.78 is 6.95. The lowest BCUT2D eigenvalue weighted by Gasteiger charge is -2.12. The summed E-state index contributed by atoms with van der Waals surface area (Å²) in [5, 5.41) is 10.5. The molecule has 0 amide bonds. The molecule has 1 saturated heterocycles. The number of aromatic nitrogens is 5. The zero-order valence-electron chi connectivity index (χ0n) is 11.3. The van der Waals surface area contributed by atoms with E-state index in [0.717, 1.165) is 19.6 Å². The van der Waals surface area contributed by atoms with E-state index in [1.54, 1.807) is 17.1 Å². The summed E-state index contributed by atoms with van der Waals surface area (Å²) in [6, 6.07) is 2.08. The minimum Gasteiger partial charge on any atom is -0.379 e. The Morgan fingerprint density at radius 1 is 1.35 bits per heavy atom. The molecule has 0 spiro atoms. The maximum atomic E-state index is 5.34. The van der Waals surface area contributed by atoms with Gasteiger partial charge in [-0.3, -0.25) is 0 Å². The second-order valence-electron chi connectivity index (χ2n) is 4.47. The van der Waals surface area contributed by atoms with E-state index in [1.807, 2.05) is 13.0 Å². The van der Waals surface area contributed by atoms with E-state index >= 15 is 0 Å². The van der Waals surface area contributed by atoms with E-state index < -0.39 is 0 Å². The normalized spacial score (nSPS) is 18.1. The lowest BCUT2D eigenvalue weighted by Crippen LogP contribution is -2.22. The number of anilines is 2. The van der Waals surface area contributed by atoms with Crippen LogP contribution in [0.3, 0.4) is 0 Å². The van der Waals surface area contributed by atoms with Gasteiger partial charge in [0.2, 0.25) is 11.9 Å². The molecule has 1 atom stereocenters. The van der Waals surface area contributed by atoms with Crippen molar-refractivity contribution < 1.29 is 4.74 Å². The summed E-state index contributed by atoms with van der Waals surface area (Å²) in [4.78, 5) is 13.1. The first-order chi connectivity index (χ1) is 9.85. The highest BCUT2D eigenvalue weighted by Crippen LogP contribution is 2.13. The Balaban J connectivity index is 1.87. The smallest absolute Gasteiger partial charge is 0.257 e. The first kappa shape index (κ1) is 12.8. The molecule has 0 bridgehead atoms. The van der Waals surface area contributed by atoms with Crippen LogP contribution in [0.1, 0.15) is 13.3 Å². The summed E-state index contributed by atoms with van der Waals surface area (Å²) in [5.74, 6) is 1.56. The predicted octanol–water partition coefficient (Wildman–Crippen LogP) is 0.690. The van der Waals surface area contributed by atoms with E-state index in [4.69, 9.17) is 4.74 Å². The molecule has 2 aromatic heterocycles. The van der Waals surface area contributed by atoms with Gasteiger partial charge in [-0.05, 0) is 19.4 Å². The maximum Gasteiger partial charge on any atom is 0.257 e. The number of nitrogens with one attached hydrogen (secondary N) is 2. The molecule has 1 fully saturated rings. The van der Waals surface area contributed by atoms with Crippen LogP contribution in [0.2, 0.25) is 0 Å². The third kappa shape index (κ3) is 2.85. The Kier molecular flexibility index (Phi) is 3.73. The minimum atomic E-state index is 0.248. The molecule has 2 N–H and O–H groups in total. The lowest BCUT2D eigenvalue weighted by atomic mass is 10.3. The highest BCUT2D eigenvalue weighted by Gasteiger charge is 2.17. The fourth-order valence-electron chi connectivity index (χ4n) is 1.99. The van der Waals surface area contributed by atoms with E-state index in [0.29, 0.717) is 24.5 Å². The number of hydrogen-bond acceptors (Lipinski definition) is 7. The third-order valence-electron chi connectivity index (χ3n) is 2.93. The highest BCUT2D eigenvalue weighted by molar-refractivity contribution is 5.38. The van der Waals surface area contributed by atoms with Crippen molar-refractivity contribution in [2.75, 3.05) is 30.4 Å². The zero-order chi connectivity index (χ0) is 13.8. The molecule has 1 unspecified atom stereocenters. The molecular weight excluding hydrogens is 258 g/mol. The van der Waals surface area contributed by atoms with Crippen molar-refractivity contribution in [1.82, 2.24) is 24.7 Å². The Morgan fingerprint density at radius 3 is 2.95 bits per heavy atom. The molecule has 1 aliphatic heterocycles. The SMILES string of the molecule is CCNc1nc(NC2CCOC2)nc(-n2cccn2)n1. The average Bonchev–Trinajstić information content (AvgIpc) is 3.11. The van der Waals surface area contributed by atoms with E-state index in [2.05, 4.69) is 30.7 Å². The Labute approximate surface area is 116 Å². The summed E-state index contributed by atoms with van der Waals surface area (Å²) >= 11 is 0. The van der Waals surface area contributed by atoms with Gasteiger partial charge in [0, 0.05) is 25.5 Å². The molecule has 8 heteroatoms. The predicted molar refractivity (Wildman–Crippen MR) is 74.0 cm³/mol. The molecule has 0 saturated carbocycles. The van der Waals surface area contributed by atoms with Gasteiger partial charge in [0.15, 0.2) is 0 Å². The van der Waals surface area contributed by atoms with Gasteiger partial charge in [0.1, 0.15) is 0 Å². The van der Waals surface area contributed by atoms with Crippen LogP contribution >= 0.6 is 0 Å². The van der Waals surface area contributed by atoms with Gasteiger partial charge < -0.3 is 15.4 Å². The van der Waals surface area contributed by atoms with Crippen LogP contribution in [0, 0.1) is 0 Å². The summed E-state index contributed by atoms with van der Waals surface area (Å²) in [6.45, 7) is 4.19. The van der Waals surface area contributed by atoms with Gasteiger partial charge in [-0.25, -0.2) is 4.68 Å². The molecule has 3 rings (SSSR count). The van der Waals surface area contributed by atoms with Crippen molar-refractivity contribution in [2.45, 2.75) is 19.4 Å². The molecule has 1 aliphatic rings. The Hall–Kier alpha value is -2.22. The molecule has 3 heterocycles. The molecule has 2 aromatic rings. The van der Waals surface area contributed by atoms with Crippen molar-refractivity contribution >= 4 is 11.9 Å². The number of rotatable bonds is 5. The van der Waals surface area contributed by atoms with Crippen LogP contribution in [-0.4, -0.2) is 50.5 Å². The van der Waals surface area contributed by atoms with Crippen molar-refractivity contribution in [1.29, 1.82) is 0 Å². The van der Waals surface area contributed by atoms with Gasteiger partial charge in [-0.15, -0.1) is 0 Å². The zero-order valence-corrected chi connectivity index (χ0v) is 11.3. The molecule has 0 aromatic carbocycles. The maximum absolute atomic E-state index is 5.34. The van der Waals surface area contributed by atoms with Crippen LogP contribution in [0.15, 0.2) is 18.5 Å². The van der Waals surface area contributed by atoms with Crippen molar-refractivity contribution in [3.8, 4) is 5.95 Å². The summed E-state index contributed by atoms with van der Waals surface area (Å²) in [6.07, 6.45) is 4.45. The van der Waals surface area contributed by atoms with Gasteiger partial charge in [-0.2, -0.15) is 20.1 Å². The Morgan fingerprint density at radius 2 is 2.25 bits per heavy atom. The lowest BCUT2D eigenvalue weighted by molar-refractivity contribution is 0.195. The van der Waals surface area contributed by atoms with Gasteiger partial charge in [-0.1, -0.05) is 0 Å². The second-order valence-corrected chi connectivity index (χ2v) is 4.47. The van der Waals surface area contributed by atoms with Crippen LogP contribution in [0.4, 0.5) is 11.9 Å². The van der Waals surface area contributed by atoms with Crippen molar-refractivity contribution in [3.05, 3.63) is 18.5 Å². The first-order valence-electron chi connectivity index (χ1n) is 6.69. The minimum absolute atomic E-state index is 0.248. The molecule has 106 valence electrons. The van der Waals surface area contributed by atoms with Crippen molar-refractivity contribution in [3.63, 3.8) is 0 Å². The van der Waals surface area contributed by atoms with Crippen LogP contribution in [0.25, 0.3) is 5.95 Å². The first-order valence-corrected chi connectivity index (χ1v) is 6.69. The Bertz CT molecular complexity index is 551. The van der Waals surface area contributed by atoms with Crippen LogP contribution < -0.4 is 10.6 Å². The van der Waals surface area contributed by atoms with Crippen LogP contribution in [-0.2, 0) is 4.74 Å². The van der Waals surface area contributed by atoms with Gasteiger partial charge >= 0.3 is 0 Å². The van der Waals surface area contributed by atoms with Crippen LogP contribution in [0.5, 0.6) is 0 Å².